The fraction of sp³-hybridized carbons (Fsp3) is 0.545. The highest BCUT2D eigenvalue weighted by molar-refractivity contribution is 6.01. The molecule has 3 rings (SSSR count). The Kier molecular flexibility index (Phi) is 7.25. The summed E-state index contributed by atoms with van der Waals surface area (Å²) in [5, 5.41) is 2.71. The summed E-state index contributed by atoms with van der Waals surface area (Å²) in [6.07, 6.45) is 1.11. The molecule has 2 unspecified atom stereocenters. The molecule has 0 aromatic heterocycles. The molecule has 2 fully saturated rings. The van der Waals surface area contributed by atoms with Crippen molar-refractivity contribution in [2.75, 3.05) is 31.1 Å². The van der Waals surface area contributed by atoms with Crippen LogP contribution in [0.1, 0.15) is 33.1 Å². The molecule has 2 aliphatic rings. The number of nitrogens with one attached hydrogen (secondary N) is 1. The van der Waals surface area contributed by atoms with E-state index in [0.717, 1.165) is 0 Å². The van der Waals surface area contributed by atoms with E-state index in [2.05, 4.69) is 5.32 Å². The number of nitrogens with zero attached hydrogens (tertiary/aromatic N) is 2. The molecule has 2 heterocycles. The molecule has 0 radical (unpaired) electrons. The maximum Gasteiger partial charge on any atom is 0.309 e. The van der Waals surface area contributed by atoms with Gasteiger partial charge in [-0.1, -0.05) is 0 Å². The molecule has 1 aromatic carbocycles. The molecule has 31 heavy (non-hydrogen) atoms. The molecular weight excluding hydrogens is 405 g/mol. The first-order valence-corrected chi connectivity index (χ1v) is 10.6. The second-order valence-corrected chi connectivity index (χ2v) is 7.96. The number of esters is 1. The van der Waals surface area contributed by atoms with Crippen LogP contribution in [0.2, 0.25) is 0 Å². The van der Waals surface area contributed by atoms with E-state index in [1.54, 1.807) is 18.7 Å². The van der Waals surface area contributed by atoms with E-state index < -0.39 is 17.8 Å². The van der Waals surface area contributed by atoms with Crippen LogP contribution in [0.5, 0.6) is 0 Å². The zero-order chi connectivity index (χ0) is 22.5. The van der Waals surface area contributed by atoms with Crippen molar-refractivity contribution in [1.82, 2.24) is 10.2 Å². The van der Waals surface area contributed by atoms with Gasteiger partial charge in [-0.2, -0.15) is 0 Å². The molecule has 2 saturated heterocycles. The molecule has 1 aromatic rings. The molecule has 0 saturated carbocycles. The zero-order valence-electron chi connectivity index (χ0n) is 17.8. The number of hydrogen-bond acceptors (Lipinski definition) is 5. The van der Waals surface area contributed by atoms with Gasteiger partial charge in [0, 0.05) is 31.7 Å². The van der Waals surface area contributed by atoms with Crippen LogP contribution in [0.4, 0.5) is 10.1 Å². The largest absolute Gasteiger partial charge is 0.466 e. The van der Waals surface area contributed by atoms with Gasteiger partial charge >= 0.3 is 5.97 Å². The molecule has 2 aliphatic heterocycles. The number of anilines is 1. The molecule has 168 valence electrons. The number of amides is 3. The summed E-state index contributed by atoms with van der Waals surface area (Å²) in [6, 6.07) is 4.80. The predicted octanol–water partition coefficient (Wildman–Crippen LogP) is 1.48. The number of halogens is 1. The van der Waals surface area contributed by atoms with Gasteiger partial charge < -0.3 is 19.9 Å². The molecule has 2 atom stereocenters. The number of rotatable bonds is 6. The van der Waals surface area contributed by atoms with Crippen molar-refractivity contribution < 1.29 is 28.3 Å². The van der Waals surface area contributed by atoms with Crippen LogP contribution in [0.25, 0.3) is 0 Å². The van der Waals surface area contributed by atoms with Gasteiger partial charge in [0.15, 0.2) is 0 Å². The van der Waals surface area contributed by atoms with E-state index in [-0.39, 0.29) is 42.6 Å². The minimum Gasteiger partial charge on any atom is -0.466 e. The number of carbonyl (C=O) groups excluding carboxylic acids is 4. The fourth-order valence-electron chi connectivity index (χ4n) is 4.02. The lowest BCUT2D eigenvalue weighted by atomic mass is 9.96. The van der Waals surface area contributed by atoms with Crippen molar-refractivity contribution in [3.05, 3.63) is 30.1 Å². The van der Waals surface area contributed by atoms with E-state index in [1.807, 2.05) is 0 Å². The third-order valence-electron chi connectivity index (χ3n) is 5.79. The first kappa shape index (κ1) is 22.7. The maximum atomic E-state index is 13.1. The SMILES string of the molecule is CCOC(=O)C1CCN(C(=O)C(C)NC(=O)C2CC(=O)N(c3ccc(F)cc3)C2)CC1. The van der Waals surface area contributed by atoms with E-state index in [0.29, 0.717) is 38.2 Å². The van der Waals surface area contributed by atoms with Gasteiger partial charge in [-0.3, -0.25) is 19.2 Å². The highest BCUT2D eigenvalue weighted by Gasteiger charge is 2.37. The van der Waals surface area contributed by atoms with Crippen LogP contribution in [0, 0.1) is 17.7 Å². The Morgan fingerprint density at radius 1 is 1.16 bits per heavy atom. The smallest absolute Gasteiger partial charge is 0.309 e. The number of piperidine rings is 1. The summed E-state index contributed by atoms with van der Waals surface area (Å²) in [6.45, 7) is 4.76. The van der Waals surface area contributed by atoms with Gasteiger partial charge in [0.2, 0.25) is 17.7 Å². The van der Waals surface area contributed by atoms with Crippen molar-refractivity contribution in [3.8, 4) is 0 Å². The molecule has 0 bridgehead atoms. The van der Waals surface area contributed by atoms with E-state index >= 15 is 0 Å². The fourth-order valence-corrected chi connectivity index (χ4v) is 4.02. The van der Waals surface area contributed by atoms with Gasteiger partial charge in [-0.15, -0.1) is 0 Å². The summed E-state index contributed by atoms with van der Waals surface area (Å²) >= 11 is 0. The Balaban J connectivity index is 1.50. The van der Waals surface area contributed by atoms with Crippen molar-refractivity contribution in [3.63, 3.8) is 0 Å². The predicted molar refractivity (Wildman–Crippen MR) is 110 cm³/mol. The normalized spacial score (nSPS) is 20.5. The number of likely N-dealkylation sites (tertiary alicyclic amines) is 1. The lowest BCUT2D eigenvalue weighted by Gasteiger charge is -2.33. The maximum absolute atomic E-state index is 13.1. The minimum absolute atomic E-state index is 0.0368. The standard InChI is InChI=1S/C22H28FN3O5/c1-3-31-22(30)15-8-10-25(11-9-15)21(29)14(2)24-20(28)16-12-19(27)26(13-16)18-6-4-17(23)5-7-18/h4-7,14-16H,3,8-13H2,1-2H3,(H,24,28). The van der Waals surface area contributed by atoms with Crippen molar-refractivity contribution in [2.45, 2.75) is 39.2 Å². The van der Waals surface area contributed by atoms with Gasteiger partial charge in [-0.05, 0) is 51.0 Å². The van der Waals surface area contributed by atoms with Crippen LogP contribution in [-0.2, 0) is 23.9 Å². The number of carbonyl (C=O) groups is 4. The average Bonchev–Trinajstić information content (AvgIpc) is 3.15. The van der Waals surface area contributed by atoms with Gasteiger partial charge in [0.25, 0.3) is 0 Å². The summed E-state index contributed by atoms with van der Waals surface area (Å²) in [7, 11) is 0. The quantitative estimate of drug-likeness (QED) is 0.686. The Morgan fingerprint density at radius 2 is 1.81 bits per heavy atom. The second kappa shape index (κ2) is 9.89. The second-order valence-electron chi connectivity index (χ2n) is 7.96. The van der Waals surface area contributed by atoms with Crippen LogP contribution >= 0.6 is 0 Å². The van der Waals surface area contributed by atoms with E-state index in [9.17, 15) is 23.6 Å². The first-order valence-electron chi connectivity index (χ1n) is 10.6. The van der Waals surface area contributed by atoms with Crippen LogP contribution in [0.15, 0.2) is 24.3 Å². The Labute approximate surface area is 180 Å². The first-order chi connectivity index (χ1) is 14.8. The van der Waals surface area contributed by atoms with Crippen molar-refractivity contribution in [2.24, 2.45) is 11.8 Å². The average molecular weight is 433 g/mol. The Morgan fingerprint density at radius 3 is 2.42 bits per heavy atom. The summed E-state index contributed by atoms with van der Waals surface area (Å²) in [5.74, 6) is -2.20. The van der Waals surface area contributed by atoms with E-state index in [4.69, 9.17) is 4.74 Å². The van der Waals surface area contributed by atoms with Crippen LogP contribution in [-0.4, -0.2) is 60.9 Å². The third-order valence-corrected chi connectivity index (χ3v) is 5.79. The molecule has 1 N–H and O–H groups in total. The summed E-state index contributed by atoms with van der Waals surface area (Å²) in [5.41, 5.74) is 0.537. The van der Waals surface area contributed by atoms with E-state index in [1.165, 1.54) is 29.2 Å². The highest BCUT2D eigenvalue weighted by atomic mass is 19.1. The molecule has 3 amide bonds. The summed E-state index contributed by atoms with van der Waals surface area (Å²) < 4.78 is 18.2. The topological polar surface area (TPSA) is 96.0 Å². The monoisotopic (exact) mass is 433 g/mol. The molecule has 8 nitrogen and oxygen atoms in total. The summed E-state index contributed by atoms with van der Waals surface area (Å²) in [4.78, 5) is 52.6. The minimum atomic E-state index is -0.735. The molecule has 9 heteroatoms. The van der Waals surface area contributed by atoms with Gasteiger partial charge in [-0.25, -0.2) is 4.39 Å². The lowest BCUT2D eigenvalue weighted by Crippen LogP contribution is -2.51. The third kappa shape index (κ3) is 5.39. The zero-order valence-corrected chi connectivity index (χ0v) is 17.8. The van der Waals surface area contributed by atoms with Crippen LogP contribution in [0.3, 0.4) is 0 Å². The Bertz CT molecular complexity index is 836. The highest BCUT2D eigenvalue weighted by Crippen LogP contribution is 2.25. The van der Waals surface area contributed by atoms with Crippen molar-refractivity contribution >= 4 is 29.4 Å². The van der Waals surface area contributed by atoms with Crippen LogP contribution < -0.4 is 10.2 Å². The molecule has 0 spiro atoms. The lowest BCUT2D eigenvalue weighted by molar-refractivity contribution is -0.151. The molecule has 0 aliphatic carbocycles. The number of benzene rings is 1. The van der Waals surface area contributed by atoms with Gasteiger partial charge in [0.1, 0.15) is 11.9 Å². The number of hydrogen-bond donors (Lipinski definition) is 1. The van der Waals surface area contributed by atoms with Gasteiger partial charge in [0.05, 0.1) is 18.4 Å². The van der Waals surface area contributed by atoms with Crippen molar-refractivity contribution in [1.29, 1.82) is 0 Å². The molecular formula is C22H28FN3O5. The number of ether oxygens (including phenoxy) is 1. The Hall–Kier alpha value is -2.97.